The van der Waals surface area contributed by atoms with Crippen LogP contribution in [-0.4, -0.2) is 21.1 Å². The van der Waals surface area contributed by atoms with E-state index in [0.717, 1.165) is 56.9 Å². The zero-order chi connectivity index (χ0) is 97.7. The Bertz CT molecular complexity index is 9240. The van der Waals surface area contributed by atoms with Crippen molar-refractivity contribution in [3.05, 3.63) is 552 Å². The molecule has 0 N–H and O–H groups in total. The van der Waals surface area contributed by atoms with Gasteiger partial charge in [0.15, 0.2) is 0 Å². The molecule has 0 bridgehead atoms. The minimum atomic E-state index is 1.12. The van der Waals surface area contributed by atoms with E-state index in [9.17, 15) is 0 Å². The number of aryl methyl sites for hydroxylation is 1. The van der Waals surface area contributed by atoms with Gasteiger partial charge in [-0.15, -0.1) is 0 Å². The number of hydrogen-bond acceptors (Lipinski definition) is 6. The molecule has 0 aliphatic rings. The predicted octanol–water partition coefficient (Wildman–Crippen LogP) is 39.4. The molecule has 0 aliphatic carbocycles. The van der Waals surface area contributed by atoms with Gasteiger partial charge in [-0.05, 0) is 260 Å². The third-order valence-electron chi connectivity index (χ3n) is 29.6. The van der Waals surface area contributed by atoms with Gasteiger partial charge in [-0.2, -0.15) is 0 Å². The number of hydrogen-bond donors (Lipinski definition) is 0. The molecule has 0 atom stereocenters. The van der Waals surface area contributed by atoms with Gasteiger partial charge in [-0.1, -0.05) is 418 Å². The number of benzene rings is 27. The van der Waals surface area contributed by atoms with Gasteiger partial charge >= 0.3 is 0 Å². The summed E-state index contributed by atoms with van der Waals surface area (Å²) >= 11 is 0. The van der Waals surface area contributed by atoms with E-state index in [1.807, 2.05) is 0 Å². The molecule has 6 heteroatoms. The SMILES string of the molecule is CN(c1ccc(-c2ccc(N(c3cccc4ccccc34)c3cccc4ccccc34)cc2)cc1)c1cc2ccccc2c2ccccc12.CN(c1ccc(-c2ccc(N(c3cccc4ccccc34)c3cccc4ccccc34)cc2)cc1)c1ccc2c3cccc4cccc(c5cccc1c52)c43.Cc1ccc(N(C)c2ccc(-c3ccc(N(c4cccc5ccccc45)c4cccc5ccccc45)cc3)cc2)cc1. The molecule has 0 radical (unpaired) electrons. The minimum Gasteiger partial charge on any atom is -0.345 e. The van der Waals surface area contributed by atoms with Crippen molar-refractivity contribution in [2.45, 2.75) is 6.92 Å². The van der Waals surface area contributed by atoms with Crippen LogP contribution in [0.3, 0.4) is 0 Å². The number of fused-ring (bicyclic) bond motifs is 11. The van der Waals surface area contributed by atoms with Crippen LogP contribution in [-0.2, 0) is 0 Å². The maximum Gasteiger partial charge on any atom is 0.0540 e. The molecule has 6 nitrogen and oxygen atoms in total. The molecule has 0 amide bonds. The molecule has 0 fully saturated rings. The summed E-state index contributed by atoms with van der Waals surface area (Å²) < 4.78 is 0. The lowest BCUT2D eigenvalue weighted by Crippen LogP contribution is -2.11. The van der Waals surface area contributed by atoms with Crippen molar-refractivity contribution in [1.82, 2.24) is 0 Å². The first-order valence-corrected chi connectivity index (χ1v) is 50.2. The van der Waals surface area contributed by atoms with Crippen LogP contribution in [0.15, 0.2) is 546 Å². The molecule has 27 rings (SSSR count). The van der Waals surface area contributed by atoms with E-state index in [1.54, 1.807) is 0 Å². The summed E-state index contributed by atoms with van der Waals surface area (Å²) in [6.07, 6.45) is 0. The van der Waals surface area contributed by atoms with Crippen molar-refractivity contribution >= 4 is 215 Å². The van der Waals surface area contributed by atoms with Crippen molar-refractivity contribution in [2.75, 3.05) is 50.5 Å². The zero-order valence-electron chi connectivity index (χ0n) is 81.6. The Kier molecular flexibility index (Phi) is 23.2. The highest BCUT2D eigenvalue weighted by molar-refractivity contribution is 6.34. The molecule has 0 aliphatic heterocycles. The lowest BCUT2D eigenvalue weighted by atomic mass is 9.89. The third kappa shape index (κ3) is 16.5. The van der Waals surface area contributed by atoms with Gasteiger partial charge in [-0.25, -0.2) is 0 Å². The Labute approximate surface area is 850 Å². The van der Waals surface area contributed by atoms with Gasteiger partial charge in [0.1, 0.15) is 0 Å². The van der Waals surface area contributed by atoms with E-state index in [4.69, 9.17) is 0 Å². The van der Waals surface area contributed by atoms with Crippen LogP contribution >= 0.6 is 0 Å². The summed E-state index contributed by atoms with van der Waals surface area (Å²) in [7, 11) is 6.46. The minimum absolute atomic E-state index is 1.12. The van der Waals surface area contributed by atoms with E-state index >= 15 is 0 Å². The van der Waals surface area contributed by atoms with Crippen LogP contribution in [0, 0.1) is 6.92 Å². The van der Waals surface area contributed by atoms with Gasteiger partial charge < -0.3 is 29.4 Å². The first-order chi connectivity index (χ1) is 72.1. The Balaban J connectivity index is 0.000000115. The van der Waals surface area contributed by atoms with Crippen LogP contribution < -0.4 is 29.4 Å². The highest BCUT2D eigenvalue weighted by Gasteiger charge is 2.25. The first kappa shape index (κ1) is 88.5. The van der Waals surface area contributed by atoms with Crippen molar-refractivity contribution in [2.24, 2.45) is 0 Å². The highest BCUT2D eigenvalue weighted by Crippen LogP contribution is 2.51. The van der Waals surface area contributed by atoms with Crippen LogP contribution in [0.25, 0.3) is 163 Å². The summed E-state index contributed by atoms with van der Waals surface area (Å²) in [5.41, 5.74) is 25.8. The van der Waals surface area contributed by atoms with Crippen molar-refractivity contribution in [1.29, 1.82) is 0 Å². The highest BCUT2D eigenvalue weighted by atomic mass is 15.2. The van der Waals surface area contributed by atoms with Crippen molar-refractivity contribution in [3.63, 3.8) is 0 Å². The topological polar surface area (TPSA) is 19.4 Å². The summed E-state index contributed by atoms with van der Waals surface area (Å²) in [4.78, 5) is 14.1. The molecule has 0 unspecified atom stereocenters. The second-order valence-electron chi connectivity index (χ2n) is 38.0. The number of rotatable bonds is 18. The average molecular weight is 1870 g/mol. The van der Waals surface area contributed by atoms with Crippen molar-refractivity contribution < 1.29 is 0 Å². The fourth-order valence-corrected chi connectivity index (χ4v) is 22.1. The Hall–Kier alpha value is -18.9. The largest absolute Gasteiger partial charge is 0.345 e. The second-order valence-corrected chi connectivity index (χ2v) is 38.0. The van der Waals surface area contributed by atoms with E-state index in [2.05, 4.69) is 603 Å². The van der Waals surface area contributed by atoms with Crippen LogP contribution in [0.5, 0.6) is 0 Å². The third-order valence-corrected chi connectivity index (χ3v) is 29.6. The maximum atomic E-state index is 2.41. The van der Waals surface area contributed by atoms with Crippen LogP contribution in [0.1, 0.15) is 5.56 Å². The normalized spacial score (nSPS) is 11.4. The fourth-order valence-electron chi connectivity index (χ4n) is 22.1. The lowest BCUT2D eigenvalue weighted by molar-refractivity contribution is 1.20. The van der Waals surface area contributed by atoms with Crippen LogP contribution in [0.4, 0.5) is 85.3 Å². The molecular formula is C140H102N6. The molecule has 27 aromatic carbocycles. The van der Waals surface area contributed by atoms with Crippen LogP contribution in [0.2, 0.25) is 0 Å². The molecule has 146 heavy (non-hydrogen) atoms. The lowest BCUT2D eigenvalue weighted by Gasteiger charge is -2.28. The van der Waals surface area contributed by atoms with Gasteiger partial charge in [0.05, 0.1) is 34.1 Å². The van der Waals surface area contributed by atoms with E-state index in [-0.39, 0.29) is 0 Å². The second kappa shape index (κ2) is 38.3. The predicted molar refractivity (Wildman–Crippen MR) is 629 cm³/mol. The smallest absolute Gasteiger partial charge is 0.0540 e. The van der Waals surface area contributed by atoms with Gasteiger partial charge in [-0.3, -0.25) is 0 Å². The van der Waals surface area contributed by atoms with E-state index < -0.39 is 0 Å². The molecule has 0 aromatic heterocycles. The molecule has 0 heterocycles. The standard InChI is InChI=1S/C53H36N2.C47H34N2.C40H32N2/c1-54(49-34-33-47-45-20-7-16-39-15-6-19-44(52(39)45)46-21-10-22-48(49)53(46)47)40-29-25-35(26-30-40)36-27-31-41(32-28-36)55(50-23-8-13-37-11-2-4-17-42(37)50)51-24-9-14-38-12-3-5-18-43(38)51;1-48(47-32-37-14-4-5-17-40(37)43-20-8-9-21-44(43)47)38-28-24-33(25-29-38)34-26-30-39(31-27-34)49(45-22-10-15-35-12-2-6-18-41(35)45)46-23-11-16-36-13-3-7-19-42(36)46;1-29-17-23-34(24-18-29)41(2)35-25-19-30(20-26-35)31-21-27-36(28-22-31)42(39-15-7-11-32-9-3-5-13-37(32)39)40-16-8-12-33-10-4-6-14-38(33)40/h2-34H,1H3;2-32H,1H3;3-28H,1-2H3. The van der Waals surface area contributed by atoms with E-state index in [0.29, 0.717) is 0 Å². The van der Waals surface area contributed by atoms with Gasteiger partial charge in [0.2, 0.25) is 0 Å². The number of nitrogens with zero attached hydrogens (tertiary/aromatic N) is 6. The Morgan fingerprint density at radius 3 is 0.678 bits per heavy atom. The Morgan fingerprint density at radius 2 is 0.342 bits per heavy atom. The maximum absolute atomic E-state index is 2.41. The molecule has 0 saturated heterocycles. The first-order valence-electron chi connectivity index (χ1n) is 50.2. The van der Waals surface area contributed by atoms with E-state index in [1.165, 1.54) is 197 Å². The molecule has 27 aromatic rings. The summed E-state index contributed by atoms with van der Waals surface area (Å²) in [5, 5.41) is 30.3. The molecular weight excluding hydrogens is 1770 g/mol. The average Bonchev–Trinajstić information content (AvgIpc) is 0.714. The number of anilines is 15. The summed E-state index contributed by atoms with van der Waals surface area (Å²) in [5.74, 6) is 0. The quantitative estimate of drug-likeness (QED) is 0.0625. The Morgan fingerprint density at radius 1 is 0.123 bits per heavy atom. The molecule has 692 valence electrons. The monoisotopic (exact) mass is 1870 g/mol. The van der Waals surface area contributed by atoms with Gasteiger partial charge in [0.25, 0.3) is 0 Å². The van der Waals surface area contributed by atoms with Gasteiger partial charge in [0, 0.05) is 115 Å². The molecule has 0 spiro atoms. The summed E-state index contributed by atoms with van der Waals surface area (Å²) in [6, 6.07) is 198. The zero-order valence-corrected chi connectivity index (χ0v) is 81.6. The summed E-state index contributed by atoms with van der Waals surface area (Å²) in [6.45, 7) is 2.12. The fraction of sp³-hybridized carbons (Fsp3) is 0.0286. The van der Waals surface area contributed by atoms with Crippen molar-refractivity contribution in [3.8, 4) is 33.4 Å². The molecule has 0 saturated carbocycles.